The molecule has 20 heavy (non-hydrogen) atoms. The van der Waals surface area contributed by atoms with E-state index in [-0.39, 0.29) is 19.1 Å². The summed E-state index contributed by atoms with van der Waals surface area (Å²) in [5.41, 5.74) is 0.922. The number of carboxylic acid groups (broad SMARTS) is 1. The Morgan fingerprint density at radius 2 is 2.15 bits per heavy atom. The van der Waals surface area contributed by atoms with E-state index in [9.17, 15) is 9.59 Å². The molecule has 1 unspecified atom stereocenters. The van der Waals surface area contributed by atoms with E-state index in [2.05, 4.69) is 0 Å². The van der Waals surface area contributed by atoms with Crippen molar-refractivity contribution in [3.8, 4) is 0 Å². The normalized spacial score (nSPS) is 18.9. The second kappa shape index (κ2) is 6.72. The van der Waals surface area contributed by atoms with Gasteiger partial charge in [0.15, 0.2) is 6.10 Å². The molecule has 1 aliphatic heterocycles. The fraction of sp³-hybridized carbons (Fsp3) is 0.429. The minimum atomic E-state index is -1.03. The molecule has 6 heteroatoms. The number of carbonyl (C=O) groups excluding carboxylic acids is 1. The van der Waals surface area contributed by atoms with Gasteiger partial charge in [0, 0.05) is 18.0 Å². The number of rotatable bonds is 4. The summed E-state index contributed by atoms with van der Waals surface area (Å²) in [5, 5.41) is 9.55. The average molecular weight is 298 g/mol. The number of halogens is 1. The molecular formula is C14H16ClNO4. The molecule has 0 radical (unpaired) electrons. The highest BCUT2D eigenvalue weighted by atomic mass is 35.5. The van der Waals surface area contributed by atoms with E-state index in [1.54, 1.807) is 11.0 Å². The van der Waals surface area contributed by atoms with Gasteiger partial charge < -0.3 is 14.7 Å². The number of morpholine rings is 1. The summed E-state index contributed by atoms with van der Waals surface area (Å²) in [4.78, 5) is 24.5. The third-order valence-electron chi connectivity index (χ3n) is 3.26. The lowest BCUT2D eigenvalue weighted by Crippen LogP contribution is -2.48. The summed E-state index contributed by atoms with van der Waals surface area (Å²) < 4.78 is 5.09. The SMILES string of the molecule is O=C(O)C1CN(C(=O)CCc2ccccc2Cl)CCO1. The standard InChI is InChI=1S/C14H16ClNO4/c15-11-4-2-1-3-10(11)5-6-13(17)16-7-8-20-12(9-16)14(18)19/h1-4,12H,5-9H2,(H,18,19). The molecule has 0 bridgehead atoms. The van der Waals surface area contributed by atoms with Crippen LogP contribution in [0.15, 0.2) is 24.3 Å². The molecule has 1 heterocycles. The van der Waals surface area contributed by atoms with Crippen LogP contribution >= 0.6 is 11.6 Å². The smallest absolute Gasteiger partial charge is 0.334 e. The molecule has 1 saturated heterocycles. The van der Waals surface area contributed by atoms with Crippen LogP contribution in [0.2, 0.25) is 5.02 Å². The molecule has 108 valence electrons. The van der Waals surface area contributed by atoms with Crippen LogP contribution in [-0.2, 0) is 20.7 Å². The van der Waals surface area contributed by atoms with E-state index in [1.165, 1.54) is 0 Å². The number of hydrogen-bond acceptors (Lipinski definition) is 3. The van der Waals surface area contributed by atoms with E-state index in [4.69, 9.17) is 21.4 Å². The monoisotopic (exact) mass is 297 g/mol. The number of carboxylic acids is 1. The molecule has 1 aromatic carbocycles. The van der Waals surface area contributed by atoms with Crippen LogP contribution in [0.1, 0.15) is 12.0 Å². The number of nitrogens with zero attached hydrogens (tertiary/aromatic N) is 1. The topological polar surface area (TPSA) is 66.8 Å². The Hall–Kier alpha value is -1.59. The largest absolute Gasteiger partial charge is 0.479 e. The third-order valence-corrected chi connectivity index (χ3v) is 3.63. The Balaban J connectivity index is 1.89. The second-order valence-electron chi connectivity index (χ2n) is 4.63. The highest BCUT2D eigenvalue weighted by Gasteiger charge is 2.28. The van der Waals surface area contributed by atoms with Gasteiger partial charge in [0.1, 0.15) is 0 Å². The highest BCUT2D eigenvalue weighted by molar-refractivity contribution is 6.31. The van der Waals surface area contributed by atoms with Crippen LogP contribution in [0.5, 0.6) is 0 Å². The molecule has 1 aliphatic rings. The van der Waals surface area contributed by atoms with Gasteiger partial charge in [-0.3, -0.25) is 4.79 Å². The molecule has 0 spiro atoms. The van der Waals surface area contributed by atoms with E-state index in [0.29, 0.717) is 24.4 Å². The quantitative estimate of drug-likeness (QED) is 0.916. The van der Waals surface area contributed by atoms with Gasteiger partial charge in [0.05, 0.1) is 13.2 Å². The fourth-order valence-corrected chi connectivity index (χ4v) is 2.36. The van der Waals surface area contributed by atoms with Gasteiger partial charge in [-0.2, -0.15) is 0 Å². The van der Waals surface area contributed by atoms with Gasteiger partial charge in [0.25, 0.3) is 0 Å². The minimum absolute atomic E-state index is 0.0699. The number of aryl methyl sites for hydroxylation is 1. The molecule has 0 saturated carbocycles. The first-order valence-corrected chi connectivity index (χ1v) is 6.81. The van der Waals surface area contributed by atoms with Crippen LogP contribution in [0.25, 0.3) is 0 Å². The predicted octanol–water partition coefficient (Wildman–Crippen LogP) is 1.58. The maximum atomic E-state index is 12.1. The maximum Gasteiger partial charge on any atom is 0.334 e. The van der Waals surface area contributed by atoms with E-state index < -0.39 is 12.1 Å². The molecule has 1 atom stereocenters. The predicted molar refractivity (Wildman–Crippen MR) is 73.7 cm³/mol. The van der Waals surface area contributed by atoms with Crippen molar-refractivity contribution in [2.24, 2.45) is 0 Å². The van der Waals surface area contributed by atoms with Crippen LogP contribution in [-0.4, -0.2) is 47.7 Å². The van der Waals surface area contributed by atoms with Crippen LogP contribution < -0.4 is 0 Å². The zero-order valence-corrected chi connectivity index (χ0v) is 11.7. The Kier molecular flexibility index (Phi) is 4.98. The van der Waals surface area contributed by atoms with Crippen molar-refractivity contribution in [2.75, 3.05) is 19.7 Å². The average Bonchev–Trinajstić information content (AvgIpc) is 2.46. The summed E-state index contributed by atoms with van der Waals surface area (Å²) in [5.74, 6) is -1.10. The maximum absolute atomic E-state index is 12.1. The lowest BCUT2D eigenvalue weighted by Gasteiger charge is -2.31. The van der Waals surface area contributed by atoms with Crippen molar-refractivity contribution >= 4 is 23.5 Å². The molecule has 1 fully saturated rings. The molecular weight excluding hydrogens is 282 g/mol. The van der Waals surface area contributed by atoms with Gasteiger partial charge in [-0.05, 0) is 18.1 Å². The Bertz CT molecular complexity index is 506. The van der Waals surface area contributed by atoms with Crippen molar-refractivity contribution in [3.05, 3.63) is 34.9 Å². The van der Waals surface area contributed by atoms with Gasteiger partial charge >= 0.3 is 5.97 Å². The summed E-state index contributed by atoms with van der Waals surface area (Å²) >= 11 is 6.04. The molecule has 0 aliphatic carbocycles. The molecule has 1 aromatic rings. The lowest BCUT2D eigenvalue weighted by molar-refractivity contribution is -0.159. The first-order valence-electron chi connectivity index (χ1n) is 6.43. The van der Waals surface area contributed by atoms with Crippen molar-refractivity contribution in [1.82, 2.24) is 4.90 Å². The first kappa shape index (κ1) is 14.8. The summed E-state index contributed by atoms with van der Waals surface area (Å²) in [6.07, 6.45) is -0.0584. The Morgan fingerprint density at radius 3 is 2.85 bits per heavy atom. The molecule has 2 rings (SSSR count). The summed E-state index contributed by atoms with van der Waals surface area (Å²) in [6, 6.07) is 7.39. The van der Waals surface area contributed by atoms with Crippen molar-refractivity contribution in [2.45, 2.75) is 18.9 Å². The molecule has 5 nitrogen and oxygen atoms in total. The van der Waals surface area contributed by atoms with Crippen LogP contribution in [0.3, 0.4) is 0 Å². The van der Waals surface area contributed by atoms with E-state index >= 15 is 0 Å². The van der Waals surface area contributed by atoms with Crippen molar-refractivity contribution in [1.29, 1.82) is 0 Å². The van der Waals surface area contributed by atoms with Gasteiger partial charge in [-0.1, -0.05) is 29.8 Å². The molecule has 1 amide bonds. The summed E-state index contributed by atoms with van der Waals surface area (Å²) in [6.45, 7) is 0.802. The fourth-order valence-electron chi connectivity index (χ4n) is 2.13. The zero-order chi connectivity index (χ0) is 14.5. The van der Waals surface area contributed by atoms with Gasteiger partial charge in [-0.15, -0.1) is 0 Å². The first-order chi connectivity index (χ1) is 9.58. The number of benzene rings is 1. The number of ether oxygens (including phenoxy) is 1. The second-order valence-corrected chi connectivity index (χ2v) is 5.04. The number of aliphatic carboxylic acids is 1. The molecule has 1 N–H and O–H groups in total. The van der Waals surface area contributed by atoms with Crippen molar-refractivity contribution < 1.29 is 19.4 Å². The van der Waals surface area contributed by atoms with Gasteiger partial charge in [-0.25, -0.2) is 4.79 Å². The van der Waals surface area contributed by atoms with Crippen molar-refractivity contribution in [3.63, 3.8) is 0 Å². The third kappa shape index (κ3) is 3.71. The van der Waals surface area contributed by atoms with Gasteiger partial charge in [0.2, 0.25) is 5.91 Å². The lowest BCUT2D eigenvalue weighted by atomic mass is 10.1. The summed E-state index contributed by atoms with van der Waals surface area (Å²) in [7, 11) is 0. The molecule has 0 aromatic heterocycles. The highest BCUT2D eigenvalue weighted by Crippen LogP contribution is 2.17. The number of hydrogen-bond donors (Lipinski definition) is 1. The Morgan fingerprint density at radius 1 is 1.40 bits per heavy atom. The number of carbonyl (C=O) groups is 2. The zero-order valence-electron chi connectivity index (χ0n) is 10.9. The van der Waals surface area contributed by atoms with E-state index in [1.807, 2.05) is 18.2 Å². The Labute approximate surface area is 122 Å². The number of amides is 1. The van der Waals surface area contributed by atoms with E-state index in [0.717, 1.165) is 5.56 Å². The minimum Gasteiger partial charge on any atom is -0.479 e. The van der Waals surface area contributed by atoms with Crippen LogP contribution in [0.4, 0.5) is 0 Å². The van der Waals surface area contributed by atoms with Crippen LogP contribution in [0, 0.1) is 0 Å².